The van der Waals surface area contributed by atoms with Gasteiger partial charge in [-0.1, -0.05) is 57.6 Å². The van der Waals surface area contributed by atoms with Crippen LogP contribution in [0.5, 0.6) is 0 Å². The zero-order valence-corrected chi connectivity index (χ0v) is 16.1. The molecule has 146 valence electrons. The summed E-state index contributed by atoms with van der Waals surface area (Å²) in [5.41, 5.74) is -0.746. The summed E-state index contributed by atoms with van der Waals surface area (Å²) in [5, 5.41) is 29.4. The van der Waals surface area contributed by atoms with Gasteiger partial charge in [0.1, 0.15) is 0 Å². The van der Waals surface area contributed by atoms with Crippen molar-refractivity contribution in [1.82, 2.24) is 0 Å². The highest BCUT2D eigenvalue weighted by Gasteiger charge is 2.33. The third kappa shape index (κ3) is 9.41. The summed E-state index contributed by atoms with van der Waals surface area (Å²) < 4.78 is 0. The Morgan fingerprint density at radius 1 is 1.12 bits per heavy atom. The van der Waals surface area contributed by atoms with E-state index in [1.165, 1.54) is 0 Å². The molecule has 0 aliphatic heterocycles. The van der Waals surface area contributed by atoms with Crippen LogP contribution in [0.3, 0.4) is 0 Å². The Morgan fingerprint density at radius 3 is 2.52 bits per heavy atom. The van der Waals surface area contributed by atoms with Crippen LogP contribution >= 0.6 is 0 Å². The van der Waals surface area contributed by atoms with E-state index in [0.29, 0.717) is 5.92 Å². The van der Waals surface area contributed by atoms with Crippen LogP contribution in [0, 0.1) is 11.8 Å². The van der Waals surface area contributed by atoms with Crippen LogP contribution in [0.1, 0.15) is 90.9 Å². The average Bonchev–Trinajstić information content (AvgIpc) is 2.89. The summed E-state index contributed by atoms with van der Waals surface area (Å²) in [6.07, 6.45) is 14.8. The third-order valence-electron chi connectivity index (χ3n) is 5.51. The molecule has 1 fully saturated rings. The predicted molar refractivity (Wildman–Crippen MR) is 101 cm³/mol. The fourth-order valence-electron chi connectivity index (χ4n) is 3.88. The van der Waals surface area contributed by atoms with Crippen LogP contribution in [0.25, 0.3) is 0 Å². The molecule has 1 rings (SSSR count). The van der Waals surface area contributed by atoms with Gasteiger partial charge in [0.25, 0.3) is 0 Å². The summed E-state index contributed by atoms with van der Waals surface area (Å²) in [6, 6.07) is 0. The van der Waals surface area contributed by atoms with Crippen molar-refractivity contribution in [2.45, 2.75) is 103 Å². The molecule has 3 N–H and O–H groups in total. The second-order valence-corrected chi connectivity index (χ2v) is 7.99. The third-order valence-corrected chi connectivity index (χ3v) is 5.51. The number of unbranched alkanes of at least 4 members (excludes halogenated alkanes) is 5. The van der Waals surface area contributed by atoms with E-state index in [0.717, 1.165) is 70.6 Å². The van der Waals surface area contributed by atoms with Gasteiger partial charge in [-0.05, 0) is 50.9 Å². The molecule has 4 nitrogen and oxygen atoms in total. The molecule has 0 aromatic carbocycles. The molecule has 0 bridgehead atoms. The van der Waals surface area contributed by atoms with Crippen molar-refractivity contribution in [2.75, 3.05) is 0 Å². The Morgan fingerprint density at radius 2 is 1.84 bits per heavy atom. The number of aliphatic hydroxyl groups is 2. The lowest BCUT2D eigenvalue weighted by Gasteiger charge is -2.23. The van der Waals surface area contributed by atoms with Crippen LogP contribution in [-0.2, 0) is 4.79 Å². The van der Waals surface area contributed by atoms with E-state index in [1.54, 1.807) is 0 Å². The molecule has 1 unspecified atom stereocenters. The van der Waals surface area contributed by atoms with Gasteiger partial charge in [0.15, 0.2) is 0 Å². The van der Waals surface area contributed by atoms with Crippen LogP contribution in [0.2, 0.25) is 0 Å². The second kappa shape index (κ2) is 11.7. The molecule has 0 aromatic heterocycles. The van der Waals surface area contributed by atoms with Gasteiger partial charge >= 0.3 is 5.97 Å². The SMILES string of the molecule is CCCCCC(C)(O)C=C[C@H]1CC[C@H](O)[C@@H]1CCCCCCC(=O)O. The minimum Gasteiger partial charge on any atom is -0.481 e. The van der Waals surface area contributed by atoms with Crippen molar-refractivity contribution in [3.8, 4) is 0 Å². The molecular weight excluding hydrogens is 316 g/mol. The maximum absolute atomic E-state index is 10.5. The first-order chi connectivity index (χ1) is 11.9. The van der Waals surface area contributed by atoms with Gasteiger partial charge in [0.2, 0.25) is 0 Å². The quantitative estimate of drug-likeness (QED) is 0.331. The van der Waals surface area contributed by atoms with Gasteiger partial charge < -0.3 is 15.3 Å². The monoisotopic (exact) mass is 354 g/mol. The molecule has 1 saturated carbocycles. The van der Waals surface area contributed by atoms with Gasteiger partial charge in [0, 0.05) is 6.42 Å². The van der Waals surface area contributed by atoms with Gasteiger partial charge in [-0.2, -0.15) is 0 Å². The van der Waals surface area contributed by atoms with Crippen molar-refractivity contribution in [1.29, 1.82) is 0 Å². The summed E-state index contributed by atoms with van der Waals surface area (Å²) in [6.45, 7) is 4.04. The number of hydrogen-bond donors (Lipinski definition) is 3. The molecule has 0 radical (unpaired) electrons. The lowest BCUT2D eigenvalue weighted by Crippen LogP contribution is -2.22. The fraction of sp³-hybridized carbons (Fsp3) is 0.857. The average molecular weight is 355 g/mol. The molecule has 0 amide bonds. The lowest BCUT2D eigenvalue weighted by molar-refractivity contribution is -0.137. The maximum Gasteiger partial charge on any atom is 0.303 e. The summed E-state index contributed by atoms with van der Waals surface area (Å²) in [7, 11) is 0. The highest BCUT2D eigenvalue weighted by Crippen LogP contribution is 2.37. The Balaban J connectivity index is 2.37. The van der Waals surface area contributed by atoms with Gasteiger partial charge in [-0.15, -0.1) is 0 Å². The zero-order valence-electron chi connectivity index (χ0n) is 16.1. The number of aliphatic hydroxyl groups excluding tert-OH is 1. The van der Waals surface area contributed by atoms with E-state index in [-0.39, 0.29) is 18.4 Å². The molecular formula is C21H38O4. The van der Waals surface area contributed by atoms with E-state index in [9.17, 15) is 15.0 Å². The normalized spacial score (nSPS) is 26.2. The molecule has 0 aromatic rings. The van der Waals surface area contributed by atoms with Crippen molar-refractivity contribution in [3.63, 3.8) is 0 Å². The van der Waals surface area contributed by atoms with Gasteiger partial charge in [-0.3, -0.25) is 4.79 Å². The van der Waals surface area contributed by atoms with Crippen LogP contribution in [0.4, 0.5) is 0 Å². The lowest BCUT2D eigenvalue weighted by atomic mass is 9.87. The number of allylic oxidation sites excluding steroid dienone is 1. The number of rotatable bonds is 13. The fourth-order valence-corrected chi connectivity index (χ4v) is 3.88. The Bertz CT molecular complexity index is 403. The number of aliphatic carboxylic acids is 1. The minimum absolute atomic E-state index is 0.237. The van der Waals surface area contributed by atoms with E-state index in [4.69, 9.17) is 5.11 Å². The topological polar surface area (TPSA) is 77.8 Å². The predicted octanol–water partition coefficient (Wildman–Crippen LogP) is 4.69. The maximum atomic E-state index is 10.5. The smallest absolute Gasteiger partial charge is 0.303 e. The largest absolute Gasteiger partial charge is 0.481 e. The standard InChI is InChI=1S/C21H38O4/c1-3-4-9-15-21(2,25)16-14-17-12-13-19(22)18(17)10-7-5-6-8-11-20(23)24/h14,16-19,22,25H,3-13,15H2,1-2H3,(H,23,24)/t17-,18-,19+,21?/m1/s1. The molecule has 4 heteroatoms. The first kappa shape index (κ1) is 22.2. The van der Waals surface area contributed by atoms with Crippen molar-refractivity contribution >= 4 is 5.97 Å². The van der Waals surface area contributed by atoms with E-state index in [2.05, 4.69) is 13.0 Å². The van der Waals surface area contributed by atoms with Crippen molar-refractivity contribution in [3.05, 3.63) is 12.2 Å². The van der Waals surface area contributed by atoms with Gasteiger partial charge in [0.05, 0.1) is 11.7 Å². The zero-order chi connectivity index (χ0) is 18.7. The number of hydrogen-bond acceptors (Lipinski definition) is 3. The highest BCUT2D eigenvalue weighted by molar-refractivity contribution is 5.66. The Hall–Kier alpha value is -0.870. The summed E-state index contributed by atoms with van der Waals surface area (Å²) in [5.74, 6) is -0.0868. The molecule has 0 saturated heterocycles. The van der Waals surface area contributed by atoms with Gasteiger partial charge in [-0.25, -0.2) is 0 Å². The van der Waals surface area contributed by atoms with E-state index in [1.807, 2.05) is 13.0 Å². The van der Waals surface area contributed by atoms with Crippen LogP contribution in [-0.4, -0.2) is 33.0 Å². The Labute approximate surface area is 153 Å². The highest BCUT2D eigenvalue weighted by atomic mass is 16.4. The molecule has 1 aliphatic rings. The van der Waals surface area contributed by atoms with Crippen molar-refractivity contribution in [2.24, 2.45) is 11.8 Å². The molecule has 1 aliphatic carbocycles. The Kier molecular flexibility index (Phi) is 10.4. The van der Waals surface area contributed by atoms with E-state index >= 15 is 0 Å². The molecule has 0 spiro atoms. The molecule has 0 heterocycles. The number of carboxylic acids is 1. The first-order valence-electron chi connectivity index (χ1n) is 10.2. The first-order valence-corrected chi connectivity index (χ1v) is 10.2. The van der Waals surface area contributed by atoms with E-state index < -0.39 is 11.6 Å². The number of carboxylic acid groups (broad SMARTS) is 1. The summed E-state index contributed by atoms with van der Waals surface area (Å²) in [4.78, 5) is 10.5. The second-order valence-electron chi connectivity index (χ2n) is 7.99. The van der Waals surface area contributed by atoms with Crippen LogP contribution in [0.15, 0.2) is 12.2 Å². The number of carbonyl (C=O) groups is 1. The molecule has 4 atom stereocenters. The molecule has 25 heavy (non-hydrogen) atoms. The van der Waals surface area contributed by atoms with Crippen LogP contribution < -0.4 is 0 Å². The van der Waals surface area contributed by atoms with Crippen molar-refractivity contribution < 1.29 is 20.1 Å². The minimum atomic E-state index is -0.746. The summed E-state index contributed by atoms with van der Waals surface area (Å²) >= 11 is 0.